The fraction of sp³-hybridized carbons (Fsp3) is 0.429. The lowest BCUT2D eigenvalue weighted by molar-refractivity contribution is -0.134. The molecule has 0 aliphatic heterocycles. The molecule has 116 valence electrons. The first kappa shape index (κ1) is 18.1. The minimum atomic E-state index is -0.315. The third-order valence-electron chi connectivity index (χ3n) is 2.82. The Labute approximate surface area is 139 Å². The number of anilines is 1. The van der Waals surface area contributed by atoms with Crippen molar-refractivity contribution in [3.05, 3.63) is 28.2 Å². The van der Waals surface area contributed by atoms with Crippen LogP contribution in [0.15, 0.2) is 18.2 Å². The van der Waals surface area contributed by atoms with Crippen LogP contribution < -0.4 is 5.32 Å². The molecule has 0 bridgehead atoms. The molecular formula is C14H18Cl2N2O2S. The van der Waals surface area contributed by atoms with Crippen molar-refractivity contribution in [2.45, 2.75) is 13.3 Å². The number of carbonyl (C=O) groups excluding carboxylic acids is 2. The first-order chi connectivity index (χ1) is 9.99. The summed E-state index contributed by atoms with van der Waals surface area (Å²) in [5.41, 5.74) is 0.374. The molecule has 7 heteroatoms. The summed E-state index contributed by atoms with van der Waals surface area (Å²) in [6, 6.07) is 4.99. The first-order valence-electron chi connectivity index (χ1n) is 6.50. The molecule has 2 amide bonds. The predicted molar refractivity (Wildman–Crippen MR) is 90.3 cm³/mol. The smallest absolute Gasteiger partial charge is 0.244 e. The van der Waals surface area contributed by atoms with E-state index in [2.05, 4.69) is 5.32 Å². The molecule has 0 saturated carbocycles. The maximum absolute atomic E-state index is 12.0. The van der Waals surface area contributed by atoms with Crippen LogP contribution in [0, 0.1) is 0 Å². The van der Waals surface area contributed by atoms with E-state index < -0.39 is 0 Å². The molecule has 0 aliphatic rings. The van der Waals surface area contributed by atoms with Gasteiger partial charge in [0.1, 0.15) is 0 Å². The highest BCUT2D eigenvalue weighted by Crippen LogP contribution is 2.29. The minimum Gasteiger partial charge on any atom is -0.334 e. The Kier molecular flexibility index (Phi) is 7.93. The summed E-state index contributed by atoms with van der Waals surface area (Å²) in [5, 5.41) is 3.39. The van der Waals surface area contributed by atoms with Gasteiger partial charge in [-0.1, -0.05) is 29.3 Å². The van der Waals surface area contributed by atoms with Crippen LogP contribution in [-0.4, -0.2) is 41.8 Å². The van der Waals surface area contributed by atoms with Crippen molar-refractivity contribution in [3.63, 3.8) is 0 Å². The van der Waals surface area contributed by atoms with Gasteiger partial charge in [-0.25, -0.2) is 0 Å². The molecular weight excluding hydrogens is 331 g/mol. The SMILES string of the molecule is CCN(CC(=O)Nc1c(Cl)cccc1Cl)C(=O)CCSC. The van der Waals surface area contributed by atoms with E-state index in [1.165, 1.54) is 4.90 Å². The Bertz CT molecular complexity index is 491. The van der Waals surface area contributed by atoms with Gasteiger partial charge in [0.15, 0.2) is 0 Å². The summed E-state index contributed by atoms with van der Waals surface area (Å²) < 4.78 is 0. The summed E-state index contributed by atoms with van der Waals surface area (Å²) in [6.45, 7) is 2.31. The maximum Gasteiger partial charge on any atom is 0.244 e. The fourth-order valence-electron chi connectivity index (χ4n) is 1.69. The second-order valence-corrected chi connectivity index (χ2v) is 6.10. The van der Waals surface area contributed by atoms with Gasteiger partial charge < -0.3 is 10.2 Å². The van der Waals surface area contributed by atoms with Crippen LogP contribution in [0.3, 0.4) is 0 Å². The van der Waals surface area contributed by atoms with Crippen LogP contribution in [0.4, 0.5) is 5.69 Å². The van der Waals surface area contributed by atoms with E-state index >= 15 is 0 Å². The molecule has 0 heterocycles. The normalized spacial score (nSPS) is 10.3. The number of carbonyl (C=O) groups is 2. The zero-order valence-corrected chi connectivity index (χ0v) is 14.3. The average Bonchev–Trinajstić information content (AvgIpc) is 2.46. The van der Waals surface area contributed by atoms with Gasteiger partial charge in [0, 0.05) is 18.7 Å². The Morgan fingerprint density at radius 2 is 1.90 bits per heavy atom. The molecule has 0 saturated heterocycles. The Hall–Kier alpha value is -0.910. The average molecular weight is 349 g/mol. The van der Waals surface area contributed by atoms with Crippen molar-refractivity contribution in [2.24, 2.45) is 0 Å². The lowest BCUT2D eigenvalue weighted by Crippen LogP contribution is -2.38. The number of hydrogen-bond donors (Lipinski definition) is 1. The van der Waals surface area contributed by atoms with Crippen molar-refractivity contribution in [3.8, 4) is 0 Å². The van der Waals surface area contributed by atoms with Gasteiger partial charge in [-0.2, -0.15) is 11.8 Å². The maximum atomic E-state index is 12.0. The molecule has 1 aromatic carbocycles. The van der Waals surface area contributed by atoms with Gasteiger partial charge in [-0.15, -0.1) is 0 Å². The highest BCUT2D eigenvalue weighted by Gasteiger charge is 2.16. The number of benzene rings is 1. The number of amides is 2. The van der Waals surface area contributed by atoms with Gasteiger partial charge in [-0.05, 0) is 25.3 Å². The zero-order valence-electron chi connectivity index (χ0n) is 12.0. The molecule has 0 atom stereocenters. The van der Waals surface area contributed by atoms with Crippen molar-refractivity contribution < 1.29 is 9.59 Å². The van der Waals surface area contributed by atoms with Crippen LogP contribution in [0.5, 0.6) is 0 Å². The van der Waals surface area contributed by atoms with Crippen molar-refractivity contribution in [1.82, 2.24) is 4.90 Å². The van der Waals surface area contributed by atoms with Crippen LogP contribution in [0.1, 0.15) is 13.3 Å². The molecule has 1 aromatic rings. The fourth-order valence-corrected chi connectivity index (χ4v) is 2.56. The number of para-hydroxylation sites is 1. The molecule has 0 aliphatic carbocycles. The van der Waals surface area contributed by atoms with E-state index in [9.17, 15) is 9.59 Å². The van der Waals surface area contributed by atoms with Gasteiger partial charge in [0.05, 0.1) is 22.3 Å². The molecule has 0 aromatic heterocycles. The van der Waals surface area contributed by atoms with Gasteiger partial charge >= 0.3 is 0 Å². The standard InChI is InChI=1S/C14H18Cl2N2O2S/c1-3-18(13(20)7-8-21-2)9-12(19)17-14-10(15)5-4-6-11(14)16/h4-6H,3,7-9H2,1-2H3,(H,17,19). The summed E-state index contributed by atoms with van der Waals surface area (Å²) in [5.74, 6) is 0.393. The predicted octanol–water partition coefficient (Wildman–Crippen LogP) is 3.53. The van der Waals surface area contributed by atoms with Crippen molar-refractivity contribution in [2.75, 3.05) is 30.4 Å². The molecule has 1 N–H and O–H groups in total. The van der Waals surface area contributed by atoms with Crippen LogP contribution in [0.2, 0.25) is 10.0 Å². The number of thioether (sulfide) groups is 1. The summed E-state index contributed by atoms with van der Waals surface area (Å²) >= 11 is 13.6. The lowest BCUT2D eigenvalue weighted by atomic mass is 10.3. The Morgan fingerprint density at radius 1 is 1.29 bits per heavy atom. The van der Waals surface area contributed by atoms with Crippen molar-refractivity contribution in [1.29, 1.82) is 0 Å². The van der Waals surface area contributed by atoms with Gasteiger partial charge in [-0.3, -0.25) is 9.59 Å². The second-order valence-electron chi connectivity index (χ2n) is 4.30. The highest BCUT2D eigenvalue weighted by atomic mass is 35.5. The van der Waals surface area contributed by atoms with Gasteiger partial charge in [0.2, 0.25) is 11.8 Å². The lowest BCUT2D eigenvalue weighted by Gasteiger charge is -2.20. The summed E-state index contributed by atoms with van der Waals surface area (Å²) in [6.07, 6.45) is 2.37. The monoisotopic (exact) mass is 348 g/mol. The Balaban J connectivity index is 2.65. The van der Waals surface area contributed by atoms with Crippen LogP contribution >= 0.6 is 35.0 Å². The zero-order chi connectivity index (χ0) is 15.8. The number of rotatable bonds is 7. The molecule has 0 fully saturated rings. The quantitative estimate of drug-likeness (QED) is 0.819. The molecule has 0 radical (unpaired) electrons. The Morgan fingerprint density at radius 3 is 2.43 bits per heavy atom. The first-order valence-corrected chi connectivity index (χ1v) is 8.65. The van der Waals surface area contributed by atoms with Gasteiger partial charge in [0.25, 0.3) is 0 Å². The van der Waals surface area contributed by atoms with E-state index in [0.29, 0.717) is 28.7 Å². The van der Waals surface area contributed by atoms with Crippen LogP contribution in [-0.2, 0) is 9.59 Å². The molecule has 0 spiro atoms. The number of hydrogen-bond acceptors (Lipinski definition) is 3. The number of halogens is 2. The van der Waals surface area contributed by atoms with E-state index in [1.807, 2.05) is 13.2 Å². The summed E-state index contributed by atoms with van der Waals surface area (Å²) in [7, 11) is 0. The highest BCUT2D eigenvalue weighted by molar-refractivity contribution is 7.98. The molecule has 0 unspecified atom stereocenters. The van der Waals surface area contributed by atoms with E-state index in [-0.39, 0.29) is 18.4 Å². The third-order valence-corrected chi connectivity index (χ3v) is 4.06. The summed E-state index contributed by atoms with van der Waals surface area (Å²) in [4.78, 5) is 25.5. The van der Waals surface area contributed by atoms with Crippen LogP contribution in [0.25, 0.3) is 0 Å². The van der Waals surface area contributed by atoms with E-state index in [0.717, 1.165) is 5.75 Å². The van der Waals surface area contributed by atoms with E-state index in [1.54, 1.807) is 30.0 Å². The second kappa shape index (κ2) is 9.18. The minimum absolute atomic E-state index is 0.00866. The topological polar surface area (TPSA) is 49.4 Å². The molecule has 1 rings (SSSR count). The van der Waals surface area contributed by atoms with E-state index in [4.69, 9.17) is 23.2 Å². The number of nitrogens with zero attached hydrogens (tertiary/aromatic N) is 1. The molecule has 21 heavy (non-hydrogen) atoms. The number of likely N-dealkylation sites (N-methyl/N-ethyl adjacent to an activating group) is 1. The van der Waals surface area contributed by atoms with Crippen molar-refractivity contribution >= 4 is 52.5 Å². The third kappa shape index (κ3) is 5.77. The molecule has 4 nitrogen and oxygen atoms in total. The number of nitrogens with one attached hydrogen (secondary N) is 1. The largest absolute Gasteiger partial charge is 0.334 e.